The van der Waals surface area contributed by atoms with Crippen molar-refractivity contribution < 1.29 is 19.2 Å². The monoisotopic (exact) mass is 418 g/mol. The number of rotatable bonds is 4. The minimum absolute atomic E-state index is 0.0758. The van der Waals surface area contributed by atoms with Crippen LogP contribution in [0.15, 0.2) is 30.3 Å². The number of ether oxygens (including phenoxy) is 1. The number of hydrogen-bond donors (Lipinski definition) is 1. The number of carbonyl (C=O) groups excluding carboxylic acids is 2. The lowest BCUT2D eigenvalue weighted by atomic mass is 10.0. The van der Waals surface area contributed by atoms with E-state index in [1.54, 1.807) is 32.0 Å². The summed E-state index contributed by atoms with van der Waals surface area (Å²) in [7, 11) is 0. The zero-order chi connectivity index (χ0) is 21.5. The predicted octanol–water partition coefficient (Wildman–Crippen LogP) is 3.48. The highest BCUT2D eigenvalue weighted by atomic mass is 35.5. The Kier molecular flexibility index (Phi) is 5.18. The Labute approximate surface area is 171 Å². The van der Waals surface area contributed by atoms with Gasteiger partial charge in [0.1, 0.15) is 6.04 Å². The van der Waals surface area contributed by atoms with Crippen molar-refractivity contribution >= 4 is 40.7 Å². The topological polar surface area (TPSA) is 115 Å². The largest absolute Gasteiger partial charge is 0.472 e. The SMILES string of the molecule is Cc1ccc(NC(=O)C(C)N2C(=O)C(C)(C)Oc3ccc([N+](=O)[O-])nc32)cc1Cl. The Hall–Kier alpha value is -3.20. The number of nitrogens with one attached hydrogen (secondary N) is 1. The average Bonchev–Trinajstić information content (AvgIpc) is 2.64. The second-order valence-corrected chi connectivity index (χ2v) is 7.57. The molecule has 29 heavy (non-hydrogen) atoms. The average molecular weight is 419 g/mol. The van der Waals surface area contributed by atoms with Crippen LogP contribution in [0.5, 0.6) is 5.75 Å². The molecule has 0 aliphatic carbocycles. The zero-order valence-electron chi connectivity index (χ0n) is 16.2. The smallest absolute Gasteiger partial charge is 0.366 e. The highest BCUT2D eigenvalue weighted by Crippen LogP contribution is 2.38. The lowest BCUT2D eigenvalue weighted by Gasteiger charge is -2.38. The molecule has 3 rings (SSSR count). The van der Waals surface area contributed by atoms with E-state index in [2.05, 4.69) is 10.3 Å². The van der Waals surface area contributed by atoms with Gasteiger partial charge in [-0.15, -0.1) is 0 Å². The first-order valence-corrected chi connectivity index (χ1v) is 9.14. The van der Waals surface area contributed by atoms with E-state index in [4.69, 9.17) is 16.3 Å². The molecule has 1 atom stereocenters. The van der Waals surface area contributed by atoms with Gasteiger partial charge in [0.15, 0.2) is 11.4 Å². The van der Waals surface area contributed by atoms with Gasteiger partial charge in [-0.1, -0.05) is 17.7 Å². The molecule has 0 spiro atoms. The molecule has 0 radical (unpaired) electrons. The van der Waals surface area contributed by atoms with Gasteiger partial charge in [-0.05, 0) is 61.4 Å². The van der Waals surface area contributed by atoms with E-state index in [-0.39, 0.29) is 11.6 Å². The molecule has 1 aromatic heterocycles. The highest BCUT2D eigenvalue weighted by molar-refractivity contribution is 6.31. The Bertz CT molecular complexity index is 1020. The Morgan fingerprint density at radius 3 is 2.66 bits per heavy atom. The van der Waals surface area contributed by atoms with Crippen molar-refractivity contribution in [3.63, 3.8) is 0 Å². The third-order valence-corrected chi connectivity index (χ3v) is 4.95. The normalized spacial score (nSPS) is 15.9. The summed E-state index contributed by atoms with van der Waals surface area (Å²) in [4.78, 5) is 41.3. The van der Waals surface area contributed by atoms with Gasteiger partial charge in [0, 0.05) is 16.8 Å². The Morgan fingerprint density at radius 1 is 1.34 bits per heavy atom. The lowest BCUT2D eigenvalue weighted by molar-refractivity contribution is -0.389. The molecular formula is C19H19ClN4O5. The summed E-state index contributed by atoms with van der Waals surface area (Å²) in [6.45, 7) is 6.45. The quantitative estimate of drug-likeness (QED) is 0.600. The molecule has 0 saturated heterocycles. The Balaban J connectivity index is 1.97. The predicted molar refractivity (Wildman–Crippen MR) is 107 cm³/mol. The van der Waals surface area contributed by atoms with Crippen LogP contribution in [0.1, 0.15) is 26.3 Å². The summed E-state index contributed by atoms with van der Waals surface area (Å²) in [5, 5.41) is 14.3. The molecule has 10 heteroatoms. The van der Waals surface area contributed by atoms with Crippen molar-refractivity contribution in [1.29, 1.82) is 0 Å². The van der Waals surface area contributed by atoms with E-state index in [1.807, 2.05) is 6.92 Å². The first-order valence-electron chi connectivity index (χ1n) is 8.76. The van der Waals surface area contributed by atoms with Crippen molar-refractivity contribution in [1.82, 2.24) is 4.98 Å². The number of nitrogens with zero attached hydrogens (tertiary/aromatic N) is 3. The molecule has 2 amide bonds. The van der Waals surface area contributed by atoms with E-state index in [1.165, 1.54) is 19.1 Å². The van der Waals surface area contributed by atoms with Crippen molar-refractivity contribution in [2.45, 2.75) is 39.3 Å². The molecule has 152 valence electrons. The van der Waals surface area contributed by atoms with Gasteiger partial charge in [0.2, 0.25) is 5.91 Å². The van der Waals surface area contributed by atoms with Gasteiger partial charge in [0.25, 0.3) is 11.7 Å². The molecule has 1 unspecified atom stereocenters. The van der Waals surface area contributed by atoms with Gasteiger partial charge < -0.3 is 20.2 Å². The minimum atomic E-state index is -1.27. The molecule has 1 aromatic carbocycles. The highest BCUT2D eigenvalue weighted by Gasteiger charge is 2.47. The van der Waals surface area contributed by atoms with Crippen LogP contribution in [-0.4, -0.2) is 33.4 Å². The van der Waals surface area contributed by atoms with Crippen molar-refractivity contribution in [2.24, 2.45) is 0 Å². The van der Waals surface area contributed by atoms with E-state index in [0.29, 0.717) is 10.7 Å². The number of aromatic nitrogens is 1. The van der Waals surface area contributed by atoms with Gasteiger partial charge in [-0.2, -0.15) is 0 Å². The van der Waals surface area contributed by atoms with Crippen LogP contribution in [0, 0.1) is 17.0 Å². The fraction of sp³-hybridized carbons (Fsp3) is 0.316. The van der Waals surface area contributed by atoms with Gasteiger partial charge in [0.05, 0.1) is 0 Å². The summed E-state index contributed by atoms with van der Waals surface area (Å²) in [5.41, 5.74) is 0.0462. The minimum Gasteiger partial charge on any atom is -0.472 e. The Morgan fingerprint density at radius 2 is 2.03 bits per heavy atom. The molecule has 1 aliphatic rings. The summed E-state index contributed by atoms with van der Waals surface area (Å²) < 4.78 is 5.65. The second kappa shape index (κ2) is 7.32. The van der Waals surface area contributed by atoms with Gasteiger partial charge >= 0.3 is 5.82 Å². The van der Waals surface area contributed by atoms with Crippen molar-refractivity contribution in [3.8, 4) is 5.75 Å². The maximum Gasteiger partial charge on any atom is 0.366 e. The first kappa shape index (κ1) is 20.5. The third kappa shape index (κ3) is 3.86. The third-order valence-electron chi connectivity index (χ3n) is 4.54. The molecular weight excluding hydrogens is 400 g/mol. The van der Waals surface area contributed by atoms with E-state index < -0.39 is 34.2 Å². The number of hydrogen-bond acceptors (Lipinski definition) is 6. The van der Waals surface area contributed by atoms with Crippen LogP contribution in [0.25, 0.3) is 0 Å². The maximum absolute atomic E-state index is 13.0. The van der Waals surface area contributed by atoms with Crippen molar-refractivity contribution in [3.05, 3.63) is 51.0 Å². The maximum atomic E-state index is 13.0. The fourth-order valence-electron chi connectivity index (χ4n) is 2.88. The first-order chi connectivity index (χ1) is 13.5. The van der Waals surface area contributed by atoms with Crippen molar-refractivity contribution in [2.75, 3.05) is 10.2 Å². The number of aryl methyl sites for hydroxylation is 1. The molecule has 1 N–H and O–H groups in total. The molecule has 1 aliphatic heterocycles. The molecule has 0 saturated carbocycles. The number of pyridine rings is 1. The van der Waals surface area contributed by atoms with E-state index in [9.17, 15) is 19.7 Å². The summed E-state index contributed by atoms with van der Waals surface area (Å²) in [5.74, 6) is -1.40. The van der Waals surface area contributed by atoms with Crippen LogP contribution >= 0.6 is 11.6 Å². The van der Waals surface area contributed by atoms with E-state index in [0.717, 1.165) is 10.5 Å². The second-order valence-electron chi connectivity index (χ2n) is 7.17. The van der Waals surface area contributed by atoms with Crippen LogP contribution in [0.3, 0.4) is 0 Å². The zero-order valence-corrected chi connectivity index (χ0v) is 17.0. The molecule has 2 aromatic rings. The summed E-state index contributed by atoms with van der Waals surface area (Å²) >= 11 is 6.09. The standard InChI is InChI=1S/C19H19ClN4O5/c1-10-5-6-12(9-13(10)20)21-17(25)11(2)23-16-14(29-19(3,4)18(23)26)7-8-15(22-16)24(27)28/h5-9,11H,1-4H3,(H,21,25). The number of fused-ring (bicyclic) bond motifs is 1. The molecule has 0 bridgehead atoms. The lowest BCUT2D eigenvalue weighted by Crippen LogP contribution is -2.58. The van der Waals surface area contributed by atoms with Crippen LogP contribution in [-0.2, 0) is 9.59 Å². The van der Waals surface area contributed by atoms with Gasteiger partial charge in [-0.3, -0.25) is 14.5 Å². The van der Waals surface area contributed by atoms with Crippen LogP contribution in [0.4, 0.5) is 17.3 Å². The number of amides is 2. The summed E-state index contributed by atoms with van der Waals surface area (Å²) in [6.07, 6.45) is 0. The summed E-state index contributed by atoms with van der Waals surface area (Å²) in [6, 6.07) is 6.58. The van der Waals surface area contributed by atoms with Gasteiger partial charge in [-0.25, -0.2) is 0 Å². The number of nitro groups is 1. The number of anilines is 2. The van der Waals surface area contributed by atoms with Crippen LogP contribution < -0.4 is 15.0 Å². The van der Waals surface area contributed by atoms with E-state index >= 15 is 0 Å². The van der Waals surface area contributed by atoms with Crippen LogP contribution in [0.2, 0.25) is 5.02 Å². The molecule has 2 heterocycles. The molecule has 9 nitrogen and oxygen atoms in total. The number of benzene rings is 1. The fourth-order valence-corrected chi connectivity index (χ4v) is 3.06. The number of carbonyl (C=O) groups is 2. The number of halogens is 1. The molecule has 0 fully saturated rings.